The van der Waals surface area contributed by atoms with Gasteiger partial charge in [-0.15, -0.1) is 0 Å². The lowest BCUT2D eigenvalue weighted by atomic mass is 9.33. The third-order valence-corrected chi connectivity index (χ3v) is 15.7. The highest BCUT2D eigenvalue weighted by Gasteiger charge is 2.48. The van der Waals surface area contributed by atoms with Crippen LogP contribution in [0.5, 0.6) is 0 Å². The summed E-state index contributed by atoms with van der Waals surface area (Å²) < 4.78 is 7.37. The number of benzene rings is 5. The molecule has 292 valence electrons. The molecule has 0 spiro atoms. The van der Waals surface area contributed by atoms with Gasteiger partial charge in [0.1, 0.15) is 5.58 Å². The molecule has 0 fully saturated rings. The highest BCUT2D eigenvalue weighted by Crippen LogP contribution is 2.50. The van der Waals surface area contributed by atoms with Crippen molar-refractivity contribution in [3.63, 3.8) is 0 Å². The predicted molar refractivity (Wildman–Crippen MR) is 251 cm³/mol. The summed E-state index contributed by atoms with van der Waals surface area (Å²) in [7, 11) is -1.52. The van der Waals surface area contributed by atoms with Crippen molar-refractivity contribution in [3.05, 3.63) is 119 Å². The number of hydrogen-bond donors (Lipinski definition) is 0. The molecule has 2 aliphatic heterocycles. The first-order valence-corrected chi connectivity index (χ1v) is 24.8. The van der Waals surface area contributed by atoms with Crippen LogP contribution in [0.15, 0.2) is 95.4 Å². The van der Waals surface area contributed by atoms with Gasteiger partial charge in [-0.3, -0.25) is 4.90 Å². The summed E-state index contributed by atoms with van der Waals surface area (Å²) in [5, 5.41) is 2.71. The molecule has 3 aliphatic rings. The quantitative estimate of drug-likeness (QED) is 0.167. The predicted octanol–water partition coefficient (Wildman–Crippen LogP) is 12.3. The number of nitrogens with zero attached hydrogens (tertiary/aromatic N) is 2. The van der Waals surface area contributed by atoms with Gasteiger partial charge in [0.05, 0.1) is 8.07 Å². The van der Waals surface area contributed by atoms with E-state index in [1.165, 1.54) is 90.4 Å². The van der Waals surface area contributed by atoms with E-state index >= 15 is 0 Å². The molecule has 0 amide bonds. The summed E-state index contributed by atoms with van der Waals surface area (Å²) in [5.74, 6) is 0.952. The van der Waals surface area contributed by atoms with E-state index in [9.17, 15) is 0 Å². The van der Waals surface area contributed by atoms with Crippen LogP contribution in [0.2, 0.25) is 19.6 Å². The Labute approximate surface area is 343 Å². The second-order valence-corrected chi connectivity index (χ2v) is 27.0. The number of anilines is 6. The zero-order valence-electron chi connectivity index (χ0n) is 37.0. The Morgan fingerprint density at radius 3 is 1.70 bits per heavy atom. The summed E-state index contributed by atoms with van der Waals surface area (Å²) >= 11 is 0. The molecule has 5 aromatic carbocycles. The molecule has 0 unspecified atom stereocenters. The molecule has 0 saturated carbocycles. The molecule has 9 rings (SSSR count). The van der Waals surface area contributed by atoms with E-state index in [0.29, 0.717) is 0 Å². The summed E-state index contributed by atoms with van der Waals surface area (Å²) in [4.78, 5) is 5.00. The van der Waals surface area contributed by atoms with Gasteiger partial charge in [0.15, 0.2) is 0 Å². The van der Waals surface area contributed by atoms with E-state index in [1.807, 2.05) is 0 Å². The SMILES string of the molecule is Cc1cc2c3c(c1)N(c1ccc([Si](C)(C)C)cc1)c1oc4cc5c(cc4c1B3c1cc(C(C)(C)C)ccc1N2c1ccc(C(C)(C)C)cc1)C(C)(C)CCC5(C)C. The monoisotopic (exact) mass is 768 g/mol. The standard InChI is InChI=1S/C52H61BN2OSi/c1-32-27-43-47-44(28-32)55(36-20-22-37(23-21-36)57(12,13)14)48-46(38-30-39-40(31-45(38)56-48)52(10,11)26-25-51(39,8)9)53(47)41-29-34(50(5,6)7)17-24-42(41)54(43)35-18-15-33(16-19-35)49(2,3)4/h15-24,27-31H,25-26H2,1-14H3. The molecule has 0 atom stereocenters. The highest BCUT2D eigenvalue weighted by molar-refractivity contribution is 7.01. The Kier molecular flexibility index (Phi) is 8.19. The maximum atomic E-state index is 7.37. The number of fused-ring (bicyclic) bond motifs is 7. The first-order valence-electron chi connectivity index (χ1n) is 21.3. The van der Waals surface area contributed by atoms with Crippen molar-refractivity contribution in [1.82, 2.24) is 0 Å². The summed E-state index contributed by atoms with van der Waals surface area (Å²) in [6.45, 7) is 33.2. The van der Waals surface area contributed by atoms with Gasteiger partial charge >= 0.3 is 0 Å². The van der Waals surface area contributed by atoms with Gasteiger partial charge in [-0.05, 0) is 135 Å². The lowest BCUT2D eigenvalue weighted by Gasteiger charge is -2.43. The van der Waals surface area contributed by atoms with Crippen molar-refractivity contribution < 1.29 is 4.42 Å². The van der Waals surface area contributed by atoms with Crippen molar-refractivity contribution >= 4 is 81.7 Å². The molecule has 0 saturated heterocycles. The Morgan fingerprint density at radius 1 is 0.596 bits per heavy atom. The van der Waals surface area contributed by atoms with Crippen LogP contribution in [-0.4, -0.2) is 14.8 Å². The average molecular weight is 769 g/mol. The van der Waals surface area contributed by atoms with Gasteiger partial charge in [-0.2, -0.15) is 0 Å². The van der Waals surface area contributed by atoms with E-state index in [1.54, 1.807) is 0 Å². The minimum Gasteiger partial charge on any atom is -0.440 e. The van der Waals surface area contributed by atoms with E-state index in [4.69, 9.17) is 4.42 Å². The van der Waals surface area contributed by atoms with Crippen LogP contribution in [0.4, 0.5) is 34.3 Å². The van der Waals surface area contributed by atoms with E-state index in [2.05, 4.69) is 197 Å². The highest BCUT2D eigenvalue weighted by atomic mass is 28.3. The van der Waals surface area contributed by atoms with Crippen molar-refractivity contribution in [2.75, 3.05) is 9.80 Å². The molecular weight excluding hydrogens is 707 g/mol. The fraction of sp³-hybridized carbons (Fsp3) is 0.385. The minimum absolute atomic E-state index is 0.00971. The molecule has 0 radical (unpaired) electrons. The smallest absolute Gasteiger partial charge is 0.257 e. The van der Waals surface area contributed by atoms with Crippen LogP contribution in [0, 0.1) is 6.92 Å². The first-order chi connectivity index (χ1) is 26.5. The number of rotatable bonds is 3. The topological polar surface area (TPSA) is 19.6 Å². The fourth-order valence-electron chi connectivity index (χ4n) is 9.94. The van der Waals surface area contributed by atoms with Gasteiger partial charge in [-0.1, -0.05) is 130 Å². The Morgan fingerprint density at radius 2 is 1.12 bits per heavy atom. The summed E-state index contributed by atoms with van der Waals surface area (Å²) in [6.07, 6.45) is 2.34. The van der Waals surface area contributed by atoms with Crippen LogP contribution in [0.1, 0.15) is 110 Å². The molecule has 0 N–H and O–H groups in total. The average Bonchev–Trinajstić information content (AvgIpc) is 3.50. The van der Waals surface area contributed by atoms with E-state index in [0.717, 1.165) is 17.2 Å². The summed E-state index contributed by atoms with van der Waals surface area (Å²) in [6, 6.07) is 35.8. The lowest BCUT2D eigenvalue weighted by Crippen LogP contribution is -2.61. The third kappa shape index (κ3) is 5.97. The zero-order chi connectivity index (χ0) is 40.8. The van der Waals surface area contributed by atoms with Gasteiger partial charge in [-0.25, -0.2) is 0 Å². The lowest BCUT2D eigenvalue weighted by molar-refractivity contribution is 0.332. The summed E-state index contributed by atoms with van der Waals surface area (Å²) in [5.41, 5.74) is 18.0. The van der Waals surface area contributed by atoms with Crippen LogP contribution in [-0.2, 0) is 21.7 Å². The van der Waals surface area contributed by atoms with Gasteiger partial charge in [0.2, 0.25) is 5.88 Å². The van der Waals surface area contributed by atoms with Crippen molar-refractivity contribution in [2.45, 2.75) is 130 Å². The molecule has 1 aromatic heterocycles. The van der Waals surface area contributed by atoms with Crippen molar-refractivity contribution in [3.8, 4) is 0 Å². The zero-order valence-corrected chi connectivity index (χ0v) is 38.0. The Bertz CT molecular complexity index is 2590. The molecule has 6 aromatic rings. The molecule has 3 nitrogen and oxygen atoms in total. The van der Waals surface area contributed by atoms with Crippen LogP contribution < -0.4 is 31.4 Å². The number of aryl methyl sites for hydroxylation is 1. The Balaban J connectivity index is 1.40. The second kappa shape index (κ2) is 12.3. The van der Waals surface area contributed by atoms with E-state index in [-0.39, 0.29) is 28.4 Å². The normalized spacial score (nSPS) is 17.0. The second-order valence-electron chi connectivity index (χ2n) is 21.9. The molecule has 3 heterocycles. The van der Waals surface area contributed by atoms with Gasteiger partial charge < -0.3 is 9.32 Å². The van der Waals surface area contributed by atoms with Crippen LogP contribution in [0.3, 0.4) is 0 Å². The first kappa shape index (κ1) is 38.1. The molecular formula is C52H61BN2OSi. The number of furan rings is 1. The van der Waals surface area contributed by atoms with Gasteiger partial charge in [0, 0.05) is 39.3 Å². The number of hydrogen-bond acceptors (Lipinski definition) is 3. The van der Waals surface area contributed by atoms with Gasteiger partial charge in [0.25, 0.3) is 6.71 Å². The van der Waals surface area contributed by atoms with Crippen molar-refractivity contribution in [2.24, 2.45) is 0 Å². The molecule has 57 heavy (non-hydrogen) atoms. The largest absolute Gasteiger partial charge is 0.440 e. The fourth-order valence-corrected chi connectivity index (χ4v) is 11.1. The third-order valence-electron chi connectivity index (χ3n) is 13.7. The maximum absolute atomic E-state index is 7.37. The molecule has 0 bridgehead atoms. The molecule has 1 aliphatic carbocycles. The van der Waals surface area contributed by atoms with E-state index < -0.39 is 8.07 Å². The van der Waals surface area contributed by atoms with Crippen molar-refractivity contribution in [1.29, 1.82) is 0 Å². The molecule has 5 heteroatoms. The minimum atomic E-state index is -1.52. The van der Waals surface area contributed by atoms with Crippen LogP contribution >= 0.6 is 0 Å². The van der Waals surface area contributed by atoms with Crippen LogP contribution in [0.25, 0.3) is 11.0 Å². The Hall–Kier alpha value is -4.48. The maximum Gasteiger partial charge on any atom is 0.257 e.